The van der Waals surface area contributed by atoms with E-state index in [0.29, 0.717) is 65.4 Å². The van der Waals surface area contributed by atoms with E-state index in [1.54, 1.807) is 6.08 Å². The molecule has 0 bridgehead atoms. The molecule has 3 aromatic carbocycles. The van der Waals surface area contributed by atoms with Crippen LogP contribution in [-0.4, -0.2) is 40.3 Å². The number of nitrogens with one attached hydrogen (secondary N) is 1. The normalized spacial score (nSPS) is 12.6. The molecule has 3 heterocycles. The van der Waals surface area contributed by atoms with E-state index in [9.17, 15) is 14.7 Å². The Kier molecular flexibility index (Phi) is 9.00. The van der Waals surface area contributed by atoms with Gasteiger partial charge in [-0.2, -0.15) is 10.2 Å². The second-order valence-corrected chi connectivity index (χ2v) is 12.2. The van der Waals surface area contributed by atoms with Crippen molar-refractivity contribution in [3.05, 3.63) is 99.9 Å². The number of aryl methyl sites for hydroxylation is 1. The number of hydrogen-bond donors (Lipinski definition) is 2. The summed E-state index contributed by atoms with van der Waals surface area (Å²) >= 11 is 2.81. The highest BCUT2D eigenvalue weighted by Gasteiger charge is 2.26. The first kappa shape index (κ1) is 29.8. The minimum Gasteiger partial charge on any atom is -0.494 e. The molecule has 2 aromatic heterocycles. The molecule has 1 aliphatic rings. The van der Waals surface area contributed by atoms with Crippen molar-refractivity contribution in [2.24, 2.45) is 0 Å². The molecule has 0 fully saturated rings. The number of aromatic nitrogens is 2. The van der Waals surface area contributed by atoms with Gasteiger partial charge in [0, 0.05) is 24.7 Å². The van der Waals surface area contributed by atoms with Gasteiger partial charge >= 0.3 is 6.16 Å². The van der Waals surface area contributed by atoms with Crippen LogP contribution >= 0.6 is 22.7 Å². The van der Waals surface area contributed by atoms with Crippen molar-refractivity contribution < 1.29 is 24.2 Å². The van der Waals surface area contributed by atoms with Crippen LogP contribution in [0.5, 0.6) is 11.6 Å². The molecule has 45 heavy (non-hydrogen) atoms. The number of hydrogen-bond acceptors (Lipinski definition) is 10. The van der Waals surface area contributed by atoms with E-state index in [1.165, 1.54) is 28.7 Å². The Hall–Kier alpha value is -5.25. The lowest BCUT2D eigenvalue weighted by Crippen LogP contribution is -2.32. The van der Waals surface area contributed by atoms with Crippen molar-refractivity contribution in [2.75, 3.05) is 23.4 Å². The monoisotopic (exact) mass is 637 g/mol. The van der Waals surface area contributed by atoms with Gasteiger partial charge in [-0.15, -0.1) is 0 Å². The van der Waals surface area contributed by atoms with Gasteiger partial charge in [0.2, 0.25) is 5.88 Å². The fourth-order valence-corrected chi connectivity index (χ4v) is 7.01. The second kappa shape index (κ2) is 13.6. The minimum absolute atomic E-state index is 0.0683. The summed E-state index contributed by atoms with van der Waals surface area (Å²) in [6.07, 6.45) is 3.51. The number of thiazole rings is 2. The number of rotatable bonds is 10. The Morgan fingerprint density at radius 3 is 2.80 bits per heavy atom. The predicted molar refractivity (Wildman–Crippen MR) is 174 cm³/mol. The lowest BCUT2D eigenvalue weighted by atomic mass is 9.94. The van der Waals surface area contributed by atoms with Gasteiger partial charge in [0.25, 0.3) is 5.91 Å². The van der Waals surface area contributed by atoms with Gasteiger partial charge in [-0.3, -0.25) is 10.1 Å². The molecule has 226 valence electrons. The van der Waals surface area contributed by atoms with Crippen molar-refractivity contribution >= 4 is 61.3 Å². The van der Waals surface area contributed by atoms with Gasteiger partial charge in [-0.05, 0) is 72.4 Å². The fraction of sp³-hybridized carbons (Fsp3) is 0.182. The zero-order valence-electron chi connectivity index (χ0n) is 23.9. The van der Waals surface area contributed by atoms with E-state index >= 15 is 0 Å². The van der Waals surface area contributed by atoms with Crippen LogP contribution in [0.25, 0.3) is 16.3 Å². The number of ether oxygens (including phenoxy) is 2. The predicted octanol–water partition coefficient (Wildman–Crippen LogP) is 7.17. The summed E-state index contributed by atoms with van der Waals surface area (Å²) in [7, 11) is 0. The van der Waals surface area contributed by atoms with E-state index in [1.807, 2.05) is 72.8 Å². The number of anilines is 2. The van der Waals surface area contributed by atoms with Crippen molar-refractivity contribution in [3.63, 3.8) is 0 Å². The molecule has 0 aliphatic carbocycles. The van der Waals surface area contributed by atoms with E-state index in [4.69, 9.17) is 14.7 Å². The van der Waals surface area contributed by atoms with Gasteiger partial charge < -0.3 is 19.5 Å². The van der Waals surface area contributed by atoms with E-state index in [0.717, 1.165) is 26.9 Å². The number of para-hydroxylation sites is 1. The number of carbonyl (C=O) groups excluding carboxylic acids is 1. The van der Waals surface area contributed by atoms with Crippen LogP contribution in [0.1, 0.15) is 38.3 Å². The Morgan fingerprint density at radius 2 is 1.96 bits per heavy atom. The van der Waals surface area contributed by atoms with Crippen LogP contribution in [-0.2, 0) is 19.4 Å². The molecule has 2 N–H and O–H groups in total. The molecule has 0 unspecified atom stereocenters. The molecular formula is C33H27N5O5S2. The first-order valence-corrected chi connectivity index (χ1v) is 15.8. The molecule has 0 saturated carbocycles. The Labute approximate surface area is 266 Å². The zero-order valence-corrected chi connectivity index (χ0v) is 25.6. The number of allylic oxidation sites excluding steroid dienone is 1. The zero-order chi connectivity index (χ0) is 31.2. The minimum atomic E-state index is -1.43. The highest BCUT2D eigenvalue weighted by atomic mass is 32.1. The highest BCUT2D eigenvalue weighted by molar-refractivity contribution is 7.22. The lowest BCUT2D eigenvalue weighted by molar-refractivity contribution is 0.102. The lowest BCUT2D eigenvalue weighted by Gasteiger charge is -2.29. The molecule has 5 aromatic rings. The smallest absolute Gasteiger partial charge is 0.494 e. The van der Waals surface area contributed by atoms with E-state index in [2.05, 4.69) is 20.2 Å². The van der Waals surface area contributed by atoms with Crippen molar-refractivity contribution in [1.82, 2.24) is 9.97 Å². The first-order valence-electron chi connectivity index (χ1n) is 14.2. The molecule has 1 amide bonds. The van der Waals surface area contributed by atoms with Crippen LogP contribution in [0.2, 0.25) is 0 Å². The van der Waals surface area contributed by atoms with Gasteiger partial charge in [0.05, 0.1) is 27.8 Å². The maximum Gasteiger partial charge on any atom is 0.512 e. The van der Waals surface area contributed by atoms with Gasteiger partial charge in [-0.25, -0.2) is 9.78 Å². The average Bonchev–Trinajstić information content (AvgIpc) is 3.64. The third-order valence-corrected chi connectivity index (χ3v) is 9.27. The van der Waals surface area contributed by atoms with Crippen LogP contribution in [0, 0.1) is 11.3 Å². The number of carboxylic acid groups (broad SMARTS) is 1. The summed E-state index contributed by atoms with van der Waals surface area (Å²) in [5.41, 5.74) is 4.26. The Bertz CT molecular complexity index is 1910. The standard InChI is InChI=1S/C33H27N5O5S2/c34-16-5-8-21-7-3-10-23(19-21)42-18-6-14-28-30(43-33(40)41)37-32(45-28)38-17-15-22-9-4-11-24(25(22)20-38)29(39)36-31-35-26-12-1-2-13-27(26)44-31/h1-5,7-13,19H,6,14-15,17-18,20H2,(H,40,41)(H,35,36,39)/b8-5+. The second-order valence-electron chi connectivity index (χ2n) is 10.1. The summed E-state index contributed by atoms with van der Waals surface area (Å²) in [5.74, 6) is 0.518. The van der Waals surface area contributed by atoms with E-state index < -0.39 is 6.16 Å². The maximum atomic E-state index is 13.4. The van der Waals surface area contributed by atoms with Crippen LogP contribution in [0.4, 0.5) is 15.1 Å². The molecule has 10 nitrogen and oxygen atoms in total. The number of nitrogens with zero attached hydrogens (tertiary/aromatic N) is 4. The van der Waals surface area contributed by atoms with Crippen LogP contribution in [0.3, 0.4) is 0 Å². The van der Waals surface area contributed by atoms with Crippen LogP contribution < -0.4 is 19.7 Å². The summed E-state index contributed by atoms with van der Waals surface area (Å²) in [6.45, 7) is 1.50. The number of benzene rings is 3. The molecule has 0 saturated heterocycles. The third kappa shape index (κ3) is 7.12. The van der Waals surface area contributed by atoms with Crippen molar-refractivity contribution in [3.8, 4) is 17.7 Å². The molecule has 1 aliphatic heterocycles. The fourth-order valence-electron chi connectivity index (χ4n) is 5.09. The number of nitriles is 1. The largest absolute Gasteiger partial charge is 0.512 e. The molecule has 12 heteroatoms. The topological polar surface area (TPSA) is 138 Å². The molecule has 0 radical (unpaired) electrons. The van der Waals surface area contributed by atoms with Crippen molar-refractivity contribution in [1.29, 1.82) is 5.26 Å². The first-order chi connectivity index (χ1) is 22.0. The van der Waals surface area contributed by atoms with Gasteiger partial charge in [0.15, 0.2) is 10.3 Å². The Morgan fingerprint density at radius 1 is 1.09 bits per heavy atom. The average molecular weight is 638 g/mol. The van der Waals surface area contributed by atoms with Gasteiger partial charge in [0.1, 0.15) is 5.75 Å². The maximum absolute atomic E-state index is 13.4. The quantitative estimate of drug-likeness (QED) is 0.0927. The van der Waals surface area contributed by atoms with E-state index in [-0.39, 0.29) is 11.8 Å². The summed E-state index contributed by atoms with van der Waals surface area (Å²) in [5, 5.41) is 22.2. The van der Waals surface area contributed by atoms with Gasteiger partial charge in [-0.1, -0.05) is 59.1 Å². The highest BCUT2D eigenvalue weighted by Crippen LogP contribution is 2.36. The van der Waals surface area contributed by atoms with Crippen LogP contribution in [0.15, 0.2) is 72.8 Å². The molecule has 6 rings (SSSR count). The number of amides is 1. The number of fused-ring (bicyclic) bond motifs is 2. The Balaban J connectivity index is 1.14. The SMILES string of the molecule is N#C/C=C/c1cccc(OCCCc2sc(N3CCc4cccc(C(=O)Nc5nc6ccccc6s5)c4C3)nc2OC(=O)O)c1. The number of carbonyl (C=O) groups is 2. The summed E-state index contributed by atoms with van der Waals surface area (Å²) in [6, 6.07) is 22.9. The van der Waals surface area contributed by atoms with Crippen molar-refractivity contribution in [2.45, 2.75) is 25.8 Å². The summed E-state index contributed by atoms with van der Waals surface area (Å²) < 4.78 is 11.9. The molecular weight excluding hydrogens is 611 g/mol. The molecule has 0 spiro atoms. The summed E-state index contributed by atoms with van der Waals surface area (Å²) in [4.78, 5) is 36.7. The third-order valence-electron chi connectivity index (χ3n) is 7.16. The molecule has 0 atom stereocenters.